The molecule has 0 aromatic heterocycles. The van der Waals surface area contributed by atoms with E-state index in [-0.39, 0.29) is 0 Å². The summed E-state index contributed by atoms with van der Waals surface area (Å²) in [7, 11) is 0. The Kier molecular flexibility index (Phi) is 4.12. The fraction of sp³-hybridized carbons (Fsp3) is 0.200. The van der Waals surface area contributed by atoms with Crippen LogP contribution in [0.15, 0.2) is 36.2 Å². The SMILES string of the molecule is C/C(=C/[N+](=O)[O-])NCc1ccc(Cl)cc1. The molecule has 1 rings (SSSR count). The third-order valence-corrected chi connectivity index (χ3v) is 2.04. The molecule has 0 atom stereocenters. The van der Waals surface area contributed by atoms with Crippen LogP contribution in [0.4, 0.5) is 0 Å². The molecule has 1 N–H and O–H groups in total. The molecular formula is C10H11ClN2O2. The van der Waals surface area contributed by atoms with Crippen molar-refractivity contribution in [1.82, 2.24) is 5.32 Å². The van der Waals surface area contributed by atoms with Crippen molar-refractivity contribution in [3.63, 3.8) is 0 Å². The van der Waals surface area contributed by atoms with Gasteiger partial charge in [0.25, 0.3) is 6.20 Å². The first-order valence-corrected chi connectivity index (χ1v) is 4.76. The van der Waals surface area contributed by atoms with Gasteiger partial charge in [-0.05, 0) is 24.6 Å². The Morgan fingerprint density at radius 3 is 2.67 bits per heavy atom. The molecule has 0 aliphatic heterocycles. The molecule has 0 aliphatic rings. The van der Waals surface area contributed by atoms with Crippen molar-refractivity contribution in [3.8, 4) is 0 Å². The molecule has 1 aromatic carbocycles. The van der Waals surface area contributed by atoms with Gasteiger partial charge >= 0.3 is 0 Å². The number of hydrogen-bond donors (Lipinski definition) is 1. The zero-order valence-electron chi connectivity index (χ0n) is 8.24. The minimum Gasteiger partial charge on any atom is -0.380 e. The Morgan fingerprint density at radius 1 is 1.53 bits per heavy atom. The van der Waals surface area contributed by atoms with Crippen molar-refractivity contribution in [1.29, 1.82) is 0 Å². The molecule has 1 aromatic rings. The summed E-state index contributed by atoms with van der Waals surface area (Å²) in [4.78, 5) is 9.66. The second-order valence-corrected chi connectivity index (χ2v) is 3.51. The van der Waals surface area contributed by atoms with Gasteiger partial charge in [-0.15, -0.1) is 0 Å². The normalized spacial score (nSPS) is 11.2. The van der Waals surface area contributed by atoms with Gasteiger partial charge in [-0.3, -0.25) is 10.1 Å². The summed E-state index contributed by atoms with van der Waals surface area (Å²) in [5.41, 5.74) is 1.55. The van der Waals surface area contributed by atoms with E-state index in [9.17, 15) is 10.1 Å². The van der Waals surface area contributed by atoms with Crippen molar-refractivity contribution in [2.75, 3.05) is 0 Å². The zero-order valence-corrected chi connectivity index (χ0v) is 8.99. The van der Waals surface area contributed by atoms with E-state index in [1.54, 1.807) is 19.1 Å². The summed E-state index contributed by atoms with van der Waals surface area (Å²) < 4.78 is 0. The van der Waals surface area contributed by atoms with E-state index in [0.717, 1.165) is 11.8 Å². The minimum atomic E-state index is -0.482. The van der Waals surface area contributed by atoms with E-state index in [0.29, 0.717) is 17.3 Å². The third kappa shape index (κ3) is 4.46. The van der Waals surface area contributed by atoms with Gasteiger partial charge in [0, 0.05) is 11.6 Å². The Morgan fingerprint density at radius 2 is 2.13 bits per heavy atom. The highest BCUT2D eigenvalue weighted by Gasteiger charge is 1.96. The predicted octanol–water partition coefficient (Wildman–Crippen LogP) is 2.57. The van der Waals surface area contributed by atoms with Crippen molar-refractivity contribution >= 4 is 11.6 Å². The van der Waals surface area contributed by atoms with Crippen molar-refractivity contribution < 1.29 is 4.92 Å². The van der Waals surface area contributed by atoms with E-state index >= 15 is 0 Å². The summed E-state index contributed by atoms with van der Waals surface area (Å²) in [5.74, 6) is 0. The molecule has 80 valence electrons. The van der Waals surface area contributed by atoms with E-state index in [1.165, 1.54) is 0 Å². The van der Waals surface area contributed by atoms with Crippen LogP contribution in [0.3, 0.4) is 0 Å². The molecule has 4 nitrogen and oxygen atoms in total. The Labute approximate surface area is 92.7 Å². The number of rotatable bonds is 4. The summed E-state index contributed by atoms with van der Waals surface area (Å²) >= 11 is 5.72. The smallest absolute Gasteiger partial charge is 0.252 e. The van der Waals surface area contributed by atoms with Crippen LogP contribution in [0.25, 0.3) is 0 Å². The number of nitrogens with zero attached hydrogens (tertiary/aromatic N) is 1. The van der Waals surface area contributed by atoms with Gasteiger partial charge in [-0.2, -0.15) is 0 Å². The molecule has 0 saturated heterocycles. The minimum absolute atomic E-state index is 0.482. The summed E-state index contributed by atoms with van der Waals surface area (Å²) in [5, 5.41) is 13.7. The fourth-order valence-electron chi connectivity index (χ4n) is 1.05. The highest BCUT2D eigenvalue weighted by atomic mass is 35.5. The number of hydrogen-bond acceptors (Lipinski definition) is 3. The first-order chi connectivity index (χ1) is 7.08. The fourth-order valence-corrected chi connectivity index (χ4v) is 1.17. The molecule has 0 aliphatic carbocycles. The molecule has 0 spiro atoms. The molecule has 5 heteroatoms. The van der Waals surface area contributed by atoms with Gasteiger partial charge in [-0.25, -0.2) is 0 Å². The number of halogens is 1. The lowest BCUT2D eigenvalue weighted by Gasteiger charge is -2.04. The molecule has 0 amide bonds. The van der Waals surface area contributed by atoms with Crippen molar-refractivity contribution in [2.45, 2.75) is 13.5 Å². The number of nitro groups is 1. The Balaban J connectivity index is 2.50. The lowest BCUT2D eigenvalue weighted by atomic mass is 10.2. The molecular weight excluding hydrogens is 216 g/mol. The zero-order chi connectivity index (χ0) is 11.3. The summed E-state index contributed by atoms with van der Waals surface area (Å²) in [6, 6.07) is 7.31. The van der Waals surface area contributed by atoms with Gasteiger partial charge < -0.3 is 5.32 Å². The molecule has 0 radical (unpaired) electrons. The monoisotopic (exact) mass is 226 g/mol. The van der Waals surface area contributed by atoms with Gasteiger partial charge in [0.05, 0.1) is 10.6 Å². The van der Waals surface area contributed by atoms with E-state index < -0.39 is 4.92 Å². The van der Waals surface area contributed by atoms with Crippen LogP contribution < -0.4 is 5.32 Å². The predicted molar refractivity (Wildman–Crippen MR) is 59.0 cm³/mol. The average molecular weight is 227 g/mol. The molecule has 0 unspecified atom stereocenters. The van der Waals surface area contributed by atoms with Gasteiger partial charge in [0.2, 0.25) is 0 Å². The quantitative estimate of drug-likeness (QED) is 0.634. The van der Waals surface area contributed by atoms with Gasteiger partial charge in [0.15, 0.2) is 0 Å². The number of allylic oxidation sites excluding steroid dienone is 1. The Hall–Kier alpha value is -1.55. The maximum absolute atomic E-state index is 10.1. The van der Waals surface area contributed by atoms with Crippen molar-refractivity contribution in [3.05, 3.63) is 56.9 Å². The highest BCUT2D eigenvalue weighted by molar-refractivity contribution is 6.30. The standard InChI is InChI=1S/C10H11ClN2O2/c1-8(7-13(14)15)12-6-9-2-4-10(11)5-3-9/h2-5,7,12H,6H2,1H3/b8-7-. The molecule has 0 fully saturated rings. The maximum Gasteiger partial charge on any atom is 0.252 e. The molecule has 0 heterocycles. The van der Waals surface area contributed by atoms with E-state index in [1.807, 2.05) is 12.1 Å². The second-order valence-electron chi connectivity index (χ2n) is 3.08. The van der Waals surface area contributed by atoms with Crippen LogP contribution in [0.1, 0.15) is 12.5 Å². The largest absolute Gasteiger partial charge is 0.380 e. The van der Waals surface area contributed by atoms with Crippen LogP contribution in [-0.2, 0) is 6.54 Å². The van der Waals surface area contributed by atoms with Crippen LogP contribution >= 0.6 is 11.6 Å². The first kappa shape index (κ1) is 11.5. The molecule has 0 saturated carbocycles. The highest BCUT2D eigenvalue weighted by Crippen LogP contribution is 2.09. The van der Waals surface area contributed by atoms with Crippen LogP contribution in [-0.4, -0.2) is 4.92 Å². The lowest BCUT2D eigenvalue weighted by molar-refractivity contribution is -0.403. The van der Waals surface area contributed by atoms with E-state index in [4.69, 9.17) is 11.6 Å². The van der Waals surface area contributed by atoms with Gasteiger partial charge in [-0.1, -0.05) is 23.7 Å². The maximum atomic E-state index is 10.1. The van der Waals surface area contributed by atoms with Crippen LogP contribution in [0.5, 0.6) is 0 Å². The molecule has 15 heavy (non-hydrogen) atoms. The first-order valence-electron chi connectivity index (χ1n) is 4.38. The topological polar surface area (TPSA) is 55.2 Å². The summed E-state index contributed by atoms with van der Waals surface area (Å²) in [6.07, 6.45) is 0.940. The van der Waals surface area contributed by atoms with E-state index in [2.05, 4.69) is 5.32 Å². The summed E-state index contributed by atoms with van der Waals surface area (Å²) in [6.45, 7) is 2.20. The van der Waals surface area contributed by atoms with Crippen molar-refractivity contribution in [2.24, 2.45) is 0 Å². The second kappa shape index (κ2) is 5.36. The van der Waals surface area contributed by atoms with Crippen LogP contribution in [0.2, 0.25) is 5.02 Å². The third-order valence-electron chi connectivity index (χ3n) is 1.78. The number of nitrogens with one attached hydrogen (secondary N) is 1. The molecule has 0 bridgehead atoms. The average Bonchev–Trinajstić information content (AvgIpc) is 2.16. The Bertz CT molecular complexity index is 374. The lowest BCUT2D eigenvalue weighted by Crippen LogP contribution is -2.11. The van der Waals surface area contributed by atoms with Crippen LogP contribution in [0, 0.1) is 10.1 Å². The number of benzene rings is 1. The van der Waals surface area contributed by atoms with Gasteiger partial charge in [0.1, 0.15) is 0 Å².